The van der Waals surface area contributed by atoms with Crippen LogP contribution in [0.1, 0.15) is 5.69 Å². The van der Waals surface area contributed by atoms with Gasteiger partial charge in [-0.15, -0.1) is 0 Å². The van der Waals surface area contributed by atoms with Crippen LogP contribution in [0.25, 0.3) is 22.6 Å². The lowest BCUT2D eigenvalue weighted by molar-refractivity contribution is 0.0464. The fraction of sp³-hybridized carbons (Fsp3) is 0.412. The molecule has 1 aliphatic heterocycles. The second-order valence-corrected chi connectivity index (χ2v) is 6.17. The molecule has 8 nitrogen and oxygen atoms in total. The zero-order chi connectivity index (χ0) is 17.4. The number of rotatable bonds is 3. The van der Waals surface area contributed by atoms with E-state index in [1.807, 2.05) is 32.2 Å². The van der Waals surface area contributed by atoms with Gasteiger partial charge in [-0.25, -0.2) is 9.97 Å². The first-order chi connectivity index (χ1) is 12.2. The molecule has 0 radical (unpaired) electrons. The molecule has 4 rings (SSSR count). The number of morpholine rings is 1. The largest absolute Gasteiger partial charge is 0.373 e. The van der Waals surface area contributed by atoms with Crippen LogP contribution in [0.15, 0.2) is 24.4 Å². The van der Waals surface area contributed by atoms with E-state index in [4.69, 9.17) is 20.4 Å². The molecule has 0 aromatic carbocycles. The van der Waals surface area contributed by atoms with Crippen molar-refractivity contribution >= 4 is 16.9 Å². The fourth-order valence-electron chi connectivity index (χ4n) is 3.21. The second-order valence-electron chi connectivity index (χ2n) is 6.17. The third-order valence-electron chi connectivity index (χ3n) is 4.43. The van der Waals surface area contributed by atoms with Gasteiger partial charge in [0.15, 0.2) is 11.5 Å². The van der Waals surface area contributed by atoms with E-state index in [0.717, 1.165) is 34.8 Å². The van der Waals surface area contributed by atoms with Gasteiger partial charge in [0.1, 0.15) is 11.5 Å². The third-order valence-corrected chi connectivity index (χ3v) is 4.43. The molecule has 0 amide bonds. The number of nitrogens with zero attached hydrogens (tertiary/aromatic N) is 6. The number of aromatic nitrogens is 5. The van der Waals surface area contributed by atoms with E-state index >= 15 is 0 Å². The van der Waals surface area contributed by atoms with Crippen molar-refractivity contribution in [1.29, 1.82) is 0 Å². The Morgan fingerprint density at radius 2 is 2.20 bits per heavy atom. The predicted octanol–water partition coefficient (Wildman–Crippen LogP) is 0.898. The van der Waals surface area contributed by atoms with Gasteiger partial charge in [-0.3, -0.25) is 9.67 Å². The summed E-state index contributed by atoms with van der Waals surface area (Å²) in [5, 5.41) is 5.50. The van der Waals surface area contributed by atoms with Crippen molar-refractivity contribution in [2.45, 2.75) is 13.0 Å². The molecule has 1 aliphatic rings. The Hall–Kier alpha value is -2.58. The first kappa shape index (κ1) is 15.9. The van der Waals surface area contributed by atoms with Gasteiger partial charge in [0.2, 0.25) is 0 Å². The monoisotopic (exact) mass is 339 g/mol. The van der Waals surface area contributed by atoms with Gasteiger partial charge in [-0.1, -0.05) is 6.07 Å². The van der Waals surface area contributed by atoms with Gasteiger partial charge in [0.25, 0.3) is 0 Å². The Balaban J connectivity index is 1.89. The molecular formula is C17H21N7O. The Bertz CT molecular complexity index is 893. The smallest absolute Gasteiger partial charge is 0.182 e. The van der Waals surface area contributed by atoms with Crippen LogP contribution in [0.3, 0.4) is 0 Å². The van der Waals surface area contributed by atoms with Crippen molar-refractivity contribution in [2.75, 3.05) is 31.1 Å². The van der Waals surface area contributed by atoms with Crippen molar-refractivity contribution in [2.24, 2.45) is 12.8 Å². The van der Waals surface area contributed by atoms with Gasteiger partial charge in [-0.05, 0) is 19.1 Å². The maximum atomic E-state index is 5.80. The zero-order valence-electron chi connectivity index (χ0n) is 14.4. The van der Waals surface area contributed by atoms with Crippen molar-refractivity contribution < 1.29 is 4.74 Å². The molecule has 1 atom stereocenters. The standard InChI is InChI=1S/C17H21N7O/c1-11-14-16(23(2)22-11)20-15(13-5-3-4-6-19-13)21-17(14)24-7-8-25-12(9-18)10-24/h3-6,12H,7-10,18H2,1-2H3/t12-/m0/s1. The van der Waals surface area contributed by atoms with Gasteiger partial charge in [0, 0.05) is 32.9 Å². The molecule has 0 aliphatic carbocycles. The third kappa shape index (κ3) is 2.83. The number of hydrogen-bond donors (Lipinski definition) is 1. The maximum Gasteiger partial charge on any atom is 0.182 e. The zero-order valence-corrected chi connectivity index (χ0v) is 14.4. The average molecular weight is 339 g/mol. The van der Waals surface area contributed by atoms with Gasteiger partial charge in [-0.2, -0.15) is 5.10 Å². The second kappa shape index (κ2) is 6.38. The van der Waals surface area contributed by atoms with Crippen LogP contribution in [0, 0.1) is 6.92 Å². The number of nitrogens with two attached hydrogens (primary N) is 1. The number of ether oxygens (including phenoxy) is 1. The Morgan fingerprint density at radius 3 is 2.96 bits per heavy atom. The molecule has 4 heterocycles. The summed E-state index contributed by atoms with van der Waals surface area (Å²) < 4.78 is 7.49. The van der Waals surface area contributed by atoms with E-state index in [-0.39, 0.29) is 6.10 Å². The summed E-state index contributed by atoms with van der Waals surface area (Å²) in [7, 11) is 1.90. The lowest BCUT2D eigenvalue weighted by Crippen LogP contribution is -2.46. The molecule has 0 spiro atoms. The molecule has 0 bridgehead atoms. The summed E-state index contributed by atoms with van der Waals surface area (Å²) in [6.07, 6.45) is 1.75. The minimum absolute atomic E-state index is 0.00837. The van der Waals surface area contributed by atoms with E-state index in [1.54, 1.807) is 10.9 Å². The Labute approximate surface area is 145 Å². The van der Waals surface area contributed by atoms with Crippen LogP contribution in [-0.2, 0) is 11.8 Å². The highest BCUT2D eigenvalue weighted by Gasteiger charge is 2.25. The van der Waals surface area contributed by atoms with Gasteiger partial charge >= 0.3 is 0 Å². The number of anilines is 1. The van der Waals surface area contributed by atoms with Crippen molar-refractivity contribution in [3.8, 4) is 11.5 Å². The number of fused-ring (bicyclic) bond motifs is 1. The first-order valence-corrected chi connectivity index (χ1v) is 8.36. The summed E-state index contributed by atoms with van der Waals surface area (Å²) in [5.41, 5.74) is 8.26. The molecule has 130 valence electrons. The summed E-state index contributed by atoms with van der Waals surface area (Å²) in [6.45, 7) is 4.57. The van der Waals surface area contributed by atoms with E-state index in [0.29, 0.717) is 25.5 Å². The molecule has 3 aromatic rings. The van der Waals surface area contributed by atoms with E-state index in [2.05, 4.69) is 15.0 Å². The summed E-state index contributed by atoms with van der Waals surface area (Å²) in [4.78, 5) is 16.2. The van der Waals surface area contributed by atoms with E-state index < -0.39 is 0 Å². The molecular weight excluding hydrogens is 318 g/mol. The molecule has 0 saturated carbocycles. The van der Waals surface area contributed by atoms with Gasteiger partial charge < -0.3 is 15.4 Å². The topological polar surface area (TPSA) is 95.0 Å². The molecule has 1 fully saturated rings. The van der Waals surface area contributed by atoms with Crippen LogP contribution in [0.5, 0.6) is 0 Å². The molecule has 3 aromatic heterocycles. The van der Waals surface area contributed by atoms with Crippen molar-refractivity contribution in [3.05, 3.63) is 30.1 Å². The van der Waals surface area contributed by atoms with Crippen LogP contribution in [-0.4, -0.2) is 57.1 Å². The molecule has 8 heteroatoms. The van der Waals surface area contributed by atoms with E-state index in [1.165, 1.54) is 0 Å². The highest BCUT2D eigenvalue weighted by molar-refractivity contribution is 5.91. The minimum Gasteiger partial charge on any atom is -0.373 e. The molecule has 0 unspecified atom stereocenters. The highest BCUT2D eigenvalue weighted by atomic mass is 16.5. The predicted molar refractivity (Wildman–Crippen MR) is 95.3 cm³/mol. The summed E-state index contributed by atoms with van der Waals surface area (Å²) in [6, 6.07) is 5.73. The SMILES string of the molecule is Cc1nn(C)c2nc(-c3ccccn3)nc(N3CCO[C@@H](CN)C3)c12. The van der Waals surface area contributed by atoms with Crippen LogP contribution in [0.4, 0.5) is 5.82 Å². The summed E-state index contributed by atoms with van der Waals surface area (Å²) >= 11 is 0. The van der Waals surface area contributed by atoms with Crippen LogP contribution >= 0.6 is 0 Å². The van der Waals surface area contributed by atoms with E-state index in [9.17, 15) is 0 Å². The lowest BCUT2D eigenvalue weighted by Gasteiger charge is -2.33. The molecule has 1 saturated heterocycles. The number of pyridine rings is 1. The normalized spacial score (nSPS) is 18.0. The highest BCUT2D eigenvalue weighted by Crippen LogP contribution is 2.30. The Kier molecular flexibility index (Phi) is 4.06. The summed E-state index contributed by atoms with van der Waals surface area (Å²) in [5.74, 6) is 1.47. The first-order valence-electron chi connectivity index (χ1n) is 8.36. The quantitative estimate of drug-likeness (QED) is 0.757. The number of hydrogen-bond acceptors (Lipinski definition) is 7. The van der Waals surface area contributed by atoms with Crippen molar-refractivity contribution in [1.82, 2.24) is 24.7 Å². The van der Waals surface area contributed by atoms with Gasteiger partial charge in [0.05, 0.1) is 23.8 Å². The van der Waals surface area contributed by atoms with Crippen molar-refractivity contribution in [3.63, 3.8) is 0 Å². The Morgan fingerprint density at radius 1 is 1.32 bits per heavy atom. The fourth-order valence-corrected chi connectivity index (χ4v) is 3.21. The molecule has 25 heavy (non-hydrogen) atoms. The number of aryl methyl sites for hydroxylation is 2. The van der Waals surface area contributed by atoms with Crippen LogP contribution in [0.2, 0.25) is 0 Å². The average Bonchev–Trinajstić information content (AvgIpc) is 2.96. The molecule has 2 N–H and O–H groups in total. The lowest BCUT2D eigenvalue weighted by atomic mass is 10.2. The maximum absolute atomic E-state index is 5.80. The minimum atomic E-state index is 0.00837. The van der Waals surface area contributed by atoms with Crippen LogP contribution < -0.4 is 10.6 Å².